The lowest BCUT2D eigenvalue weighted by Gasteiger charge is -2.36. The zero-order valence-electron chi connectivity index (χ0n) is 21.2. The lowest BCUT2D eigenvalue weighted by atomic mass is 10.0. The Morgan fingerprint density at radius 1 is 1.11 bits per heavy atom. The lowest BCUT2D eigenvalue weighted by molar-refractivity contribution is 0.272. The zero-order chi connectivity index (χ0) is 27.1. The van der Waals surface area contributed by atoms with Gasteiger partial charge in [0, 0.05) is 17.3 Å². The quantitative estimate of drug-likeness (QED) is 0.245. The van der Waals surface area contributed by atoms with E-state index in [1.807, 2.05) is 18.2 Å². The van der Waals surface area contributed by atoms with Crippen LogP contribution in [0, 0.1) is 17.1 Å². The molecule has 0 aliphatic carbocycles. The summed E-state index contributed by atoms with van der Waals surface area (Å²) in [6, 6.07) is 14.1. The van der Waals surface area contributed by atoms with Crippen molar-refractivity contribution in [1.29, 1.82) is 5.26 Å². The highest BCUT2D eigenvalue weighted by atomic mass is 35.5. The van der Waals surface area contributed by atoms with Crippen molar-refractivity contribution in [3.05, 3.63) is 87.0 Å². The van der Waals surface area contributed by atoms with Gasteiger partial charge in [-0.25, -0.2) is 4.39 Å². The first-order chi connectivity index (χ1) is 17.3. The fraction of sp³-hybridized carbons (Fsp3) is 0.250. The number of fused-ring (bicyclic) bond motifs is 1. The van der Waals surface area contributed by atoms with Crippen LogP contribution in [0.3, 0.4) is 0 Å². The van der Waals surface area contributed by atoms with Crippen LogP contribution in [-0.4, -0.2) is 18.1 Å². The first kappa shape index (κ1) is 26.7. The number of nitriles is 1. The smallest absolute Gasteiger partial charge is 0.225 e. The third kappa shape index (κ3) is 5.08. The van der Waals surface area contributed by atoms with E-state index in [-0.39, 0.29) is 36.9 Å². The van der Waals surface area contributed by atoms with Gasteiger partial charge in [0.1, 0.15) is 5.69 Å². The fourth-order valence-corrected chi connectivity index (χ4v) is 4.80. The van der Waals surface area contributed by atoms with Crippen molar-refractivity contribution in [3.8, 4) is 28.5 Å². The molecule has 2 heterocycles. The Morgan fingerprint density at radius 2 is 1.81 bits per heavy atom. The standard InChI is InChI=1S/C28H26ClF2N3O2Si/c1-28(2,3)37(4,5)36-16-20-9-7-19(15-33-20)18-8-11-24-22(13-18)27(35)25(30)26(34(24)31)21-12-17(14-32)6-10-23(21)29/h6-13,15H,16H2,1-5H3. The van der Waals surface area contributed by atoms with Gasteiger partial charge < -0.3 is 4.43 Å². The summed E-state index contributed by atoms with van der Waals surface area (Å²) in [6.45, 7) is 11.3. The number of hydrogen-bond acceptors (Lipinski definition) is 4. The topological polar surface area (TPSA) is 67.9 Å². The average molecular weight is 538 g/mol. The molecule has 0 radical (unpaired) electrons. The molecule has 0 saturated heterocycles. The number of benzene rings is 2. The van der Waals surface area contributed by atoms with Crippen molar-refractivity contribution < 1.29 is 13.3 Å². The molecule has 0 amide bonds. The minimum atomic E-state index is -1.92. The van der Waals surface area contributed by atoms with Crippen molar-refractivity contribution in [2.45, 2.75) is 45.5 Å². The Hall–Kier alpha value is -3.38. The Balaban J connectivity index is 1.70. The molecule has 190 valence electrons. The maximum atomic E-state index is 15.4. The monoisotopic (exact) mass is 537 g/mol. The van der Waals surface area contributed by atoms with Crippen LogP contribution < -0.4 is 5.43 Å². The first-order valence-corrected chi connectivity index (χ1v) is 15.0. The van der Waals surface area contributed by atoms with Gasteiger partial charge in [-0.2, -0.15) is 10.1 Å². The highest BCUT2D eigenvalue weighted by Crippen LogP contribution is 2.37. The van der Waals surface area contributed by atoms with Crippen molar-refractivity contribution in [2.24, 2.45) is 0 Å². The largest absolute Gasteiger partial charge is 0.411 e. The van der Waals surface area contributed by atoms with E-state index < -0.39 is 25.3 Å². The highest BCUT2D eigenvalue weighted by Gasteiger charge is 2.37. The maximum Gasteiger partial charge on any atom is 0.225 e. The molecule has 4 rings (SSSR count). The first-order valence-electron chi connectivity index (χ1n) is 11.7. The van der Waals surface area contributed by atoms with Crippen LogP contribution in [0.25, 0.3) is 33.3 Å². The summed E-state index contributed by atoms with van der Waals surface area (Å²) < 4.78 is 36.9. The Kier molecular flexibility index (Phi) is 7.08. The summed E-state index contributed by atoms with van der Waals surface area (Å²) in [7, 11) is -1.92. The van der Waals surface area contributed by atoms with Crippen LogP contribution in [0.2, 0.25) is 23.2 Å². The SMILES string of the molecule is CC(C)(C)[Si](C)(C)OCc1ccc(-c2ccc3c(c2)c(=O)c(F)c(-c2cc(C#N)ccc2Cl)n3F)cn1. The van der Waals surface area contributed by atoms with Gasteiger partial charge in [0.25, 0.3) is 0 Å². The van der Waals surface area contributed by atoms with Crippen molar-refractivity contribution in [1.82, 2.24) is 9.77 Å². The molecule has 0 saturated carbocycles. The van der Waals surface area contributed by atoms with Crippen LogP contribution in [-0.2, 0) is 11.0 Å². The Labute approximate surface area is 220 Å². The van der Waals surface area contributed by atoms with E-state index >= 15 is 8.87 Å². The normalized spacial score (nSPS) is 12.1. The van der Waals surface area contributed by atoms with Crippen molar-refractivity contribution in [3.63, 3.8) is 0 Å². The second-order valence-electron chi connectivity index (χ2n) is 10.4. The van der Waals surface area contributed by atoms with Crippen LogP contribution in [0.15, 0.2) is 59.5 Å². The number of aromatic nitrogens is 2. The van der Waals surface area contributed by atoms with Gasteiger partial charge in [-0.1, -0.05) is 49.0 Å². The molecule has 0 aliphatic heterocycles. The molecule has 0 fully saturated rings. The Morgan fingerprint density at radius 3 is 2.43 bits per heavy atom. The molecule has 0 atom stereocenters. The minimum absolute atomic E-state index is 0.0170. The third-order valence-electron chi connectivity index (χ3n) is 6.95. The number of nitrogens with zero attached hydrogens (tertiary/aromatic N) is 3. The number of rotatable bonds is 5. The van der Waals surface area contributed by atoms with Gasteiger partial charge in [0.05, 0.1) is 39.9 Å². The van der Waals surface area contributed by atoms with E-state index in [4.69, 9.17) is 21.3 Å². The minimum Gasteiger partial charge on any atom is -0.411 e. The molecule has 4 aromatic rings. The molecule has 0 bridgehead atoms. The Bertz CT molecular complexity index is 1600. The van der Waals surface area contributed by atoms with Gasteiger partial charge in [-0.05, 0) is 60.1 Å². The van der Waals surface area contributed by atoms with Crippen LogP contribution in [0.1, 0.15) is 32.0 Å². The summed E-state index contributed by atoms with van der Waals surface area (Å²) in [4.78, 5) is 17.5. The molecule has 5 nitrogen and oxygen atoms in total. The van der Waals surface area contributed by atoms with Crippen LogP contribution in [0.4, 0.5) is 8.87 Å². The second kappa shape index (κ2) is 9.82. The number of halogens is 3. The molecule has 0 N–H and O–H groups in total. The van der Waals surface area contributed by atoms with Gasteiger partial charge in [-0.3, -0.25) is 9.78 Å². The van der Waals surface area contributed by atoms with Crippen molar-refractivity contribution >= 4 is 30.8 Å². The molecule has 37 heavy (non-hydrogen) atoms. The molecule has 0 unspecified atom stereocenters. The van der Waals surface area contributed by atoms with E-state index in [1.165, 1.54) is 30.3 Å². The van der Waals surface area contributed by atoms with Gasteiger partial charge >= 0.3 is 0 Å². The summed E-state index contributed by atoms with van der Waals surface area (Å²) in [5.74, 6) is -1.29. The van der Waals surface area contributed by atoms with Crippen molar-refractivity contribution in [2.75, 3.05) is 0 Å². The maximum absolute atomic E-state index is 15.4. The molecular formula is C28H26ClF2N3O2Si. The highest BCUT2D eigenvalue weighted by molar-refractivity contribution is 6.74. The van der Waals surface area contributed by atoms with E-state index in [9.17, 15) is 4.79 Å². The molecule has 2 aromatic carbocycles. The predicted octanol–water partition coefficient (Wildman–Crippen LogP) is 7.65. The van der Waals surface area contributed by atoms with E-state index in [2.05, 4.69) is 38.8 Å². The van der Waals surface area contributed by atoms with Crippen LogP contribution >= 0.6 is 11.6 Å². The summed E-state index contributed by atoms with van der Waals surface area (Å²) in [6.07, 6.45) is 1.65. The molecule has 0 aliphatic rings. The predicted molar refractivity (Wildman–Crippen MR) is 145 cm³/mol. The fourth-order valence-electron chi connectivity index (χ4n) is 3.65. The molecule has 2 aromatic heterocycles. The summed E-state index contributed by atoms with van der Waals surface area (Å²) in [5.41, 5.74) is 0.425. The zero-order valence-corrected chi connectivity index (χ0v) is 23.0. The summed E-state index contributed by atoms with van der Waals surface area (Å²) >= 11 is 6.15. The molecule has 9 heteroatoms. The van der Waals surface area contributed by atoms with E-state index in [0.29, 0.717) is 17.7 Å². The van der Waals surface area contributed by atoms with E-state index in [0.717, 1.165) is 5.69 Å². The number of pyridine rings is 2. The molecule has 0 spiro atoms. The van der Waals surface area contributed by atoms with E-state index in [1.54, 1.807) is 12.3 Å². The van der Waals surface area contributed by atoms with Gasteiger partial charge in [0.15, 0.2) is 14.1 Å². The average Bonchev–Trinajstić information content (AvgIpc) is 2.86. The van der Waals surface area contributed by atoms with Gasteiger partial charge in [-0.15, -0.1) is 0 Å². The van der Waals surface area contributed by atoms with Crippen LogP contribution in [0.5, 0.6) is 0 Å². The lowest BCUT2D eigenvalue weighted by Crippen LogP contribution is -2.40. The third-order valence-corrected chi connectivity index (χ3v) is 11.8. The molecular weight excluding hydrogens is 512 g/mol. The summed E-state index contributed by atoms with van der Waals surface area (Å²) in [5, 5.41) is 9.13. The second-order valence-corrected chi connectivity index (χ2v) is 15.6. The van der Waals surface area contributed by atoms with Gasteiger partial charge in [0.2, 0.25) is 5.43 Å². The number of hydrogen-bond donors (Lipinski definition) is 0.